The van der Waals surface area contributed by atoms with Crippen LogP contribution in [0.3, 0.4) is 0 Å². The van der Waals surface area contributed by atoms with Crippen LogP contribution in [-0.2, 0) is 0 Å². The second-order valence-electron chi connectivity index (χ2n) is 5.05. The summed E-state index contributed by atoms with van der Waals surface area (Å²) >= 11 is 0. The van der Waals surface area contributed by atoms with Gasteiger partial charge in [0.05, 0.1) is 0 Å². The lowest BCUT2D eigenvalue weighted by Crippen LogP contribution is -2.13. The zero-order chi connectivity index (χ0) is 13.8. The van der Waals surface area contributed by atoms with Crippen molar-refractivity contribution < 1.29 is 0 Å². The van der Waals surface area contributed by atoms with Gasteiger partial charge in [-0.25, -0.2) is 0 Å². The average Bonchev–Trinajstić information content (AvgIpc) is 2.39. The minimum absolute atomic E-state index is 1.23. The van der Waals surface area contributed by atoms with Crippen molar-refractivity contribution in [3.8, 4) is 0 Å². The van der Waals surface area contributed by atoms with E-state index in [4.69, 9.17) is 0 Å². The first-order chi connectivity index (χ1) is 9.09. The smallest absolute Gasteiger partial charge is 0.0400 e. The van der Waals surface area contributed by atoms with E-state index in [1.165, 1.54) is 22.5 Å². The molecule has 0 bridgehead atoms. The molecule has 2 rings (SSSR count). The fourth-order valence-corrected chi connectivity index (χ4v) is 2.20. The fraction of sp³-hybridized carbons (Fsp3) is 0.235. The first-order valence-corrected chi connectivity index (χ1v) is 6.47. The number of para-hydroxylation sites is 2. The van der Waals surface area contributed by atoms with Gasteiger partial charge in [0.15, 0.2) is 0 Å². The highest BCUT2D eigenvalue weighted by atomic mass is 15.1. The summed E-state index contributed by atoms with van der Waals surface area (Å²) in [5.74, 6) is 0. The summed E-state index contributed by atoms with van der Waals surface area (Å²) in [7, 11) is 8.30. The molecule has 0 aromatic heterocycles. The van der Waals surface area contributed by atoms with Crippen LogP contribution >= 0.6 is 0 Å². The van der Waals surface area contributed by atoms with Gasteiger partial charge in [-0.15, -0.1) is 0 Å². The molecule has 0 N–H and O–H groups in total. The number of nitrogens with zero attached hydrogens (tertiary/aromatic N) is 2. The molecule has 2 heteroatoms. The van der Waals surface area contributed by atoms with Crippen LogP contribution in [0, 0.1) is 6.42 Å². The summed E-state index contributed by atoms with van der Waals surface area (Å²) in [6.45, 7) is 0. The van der Waals surface area contributed by atoms with Crippen molar-refractivity contribution in [3.05, 3.63) is 66.1 Å². The van der Waals surface area contributed by atoms with Gasteiger partial charge < -0.3 is 9.80 Å². The van der Waals surface area contributed by atoms with Gasteiger partial charge in [0, 0.05) is 46.0 Å². The summed E-state index contributed by atoms with van der Waals surface area (Å²) < 4.78 is 0. The molecular weight excluding hydrogens is 232 g/mol. The molecule has 2 nitrogen and oxygen atoms in total. The minimum Gasteiger partial charge on any atom is -0.377 e. The molecule has 0 fully saturated rings. The van der Waals surface area contributed by atoms with Gasteiger partial charge in [0.1, 0.15) is 0 Å². The molecule has 0 amide bonds. The van der Waals surface area contributed by atoms with Crippen LogP contribution in [0.2, 0.25) is 0 Å². The number of hydrogen-bond acceptors (Lipinski definition) is 2. The van der Waals surface area contributed by atoms with Crippen molar-refractivity contribution in [3.63, 3.8) is 0 Å². The van der Waals surface area contributed by atoms with Crippen LogP contribution in [0.4, 0.5) is 11.4 Å². The van der Waals surface area contributed by atoms with E-state index in [1.807, 2.05) is 0 Å². The SMILES string of the molecule is CN(C)c1ccccc1[CH]c1ccccc1N(C)C. The van der Waals surface area contributed by atoms with Crippen molar-refractivity contribution >= 4 is 11.4 Å². The van der Waals surface area contributed by atoms with Crippen LogP contribution in [0.5, 0.6) is 0 Å². The van der Waals surface area contributed by atoms with E-state index in [0.29, 0.717) is 0 Å². The van der Waals surface area contributed by atoms with Crippen molar-refractivity contribution in [2.45, 2.75) is 0 Å². The molecule has 2 aromatic carbocycles. The molecule has 0 atom stereocenters. The highest BCUT2D eigenvalue weighted by Crippen LogP contribution is 2.27. The van der Waals surface area contributed by atoms with Crippen LogP contribution in [0.25, 0.3) is 0 Å². The fourth-order valence-electron chi connectivity index (χ4n) is 2.20. The Kier molecular flexibility index (Phi) is 4.10. The molecule has 0 aliphatic carbocycles. The van der Waals surface area contributed by atoms with Gasteiger partial charge in [0.2, 0.25) is 0 Å². The van der Waals surface area contributed by atoms with Gasteiger partial charge in [0.25, 0.3) is 0 Å². The maximum Gasteiger partial charge on any atom is 0.0400 e. The lowest BCUT2D eigenvalue weighted by Gasteiger charge is -2.20. The zero-order valence-electron chi connectivity index (χ0n) is 12.1. The molecular formula is C17H21N2. The Hall–Kier alpha value is -1.96. The third-order valence-electron chi connectivity index (χ3n) is 3.15. The minimum atomic E-state index is 1.23. The molecule has 0 aliphatic heterocycles. The molecule has 0 heterocycles. The van der Waals surface area contributed by atoms with E-state index < -0.39 is 0 Å². The Morgan fingerprint density at radius 2 is 1.00 bits per heavy atom. The second-order valence-corrected chi connectivity index (χ2v) is 5.05. The summed E-state index contributed by atoms with van der Waals surface area (Å²) in [5, 5.41) is 0. The number of hydrogen-bond donors (Lipinski definition) is 0. The van der Waals surface area contributed by atoms with Gasteiger partial charge in [-0.1, -0.05) is 36.4 Å². The Morgan fingerprint density at radius 1 is 0.632 bits per heavy atom. The van der Waals surface area contributed by atoms with Crippen LogP contribution < -0.4 is 9.80 Å². The van der Waals surface area contributed by atoms with Crippen LogP contribution in [0.15, 0.2) is 48.5 Å². The van der Waals surface area contributed by atoms with E-state index >= 15 is 0 Å². The molecule has 99 valence electrons. The summed E-state index contributed by atoms with van der Waals surface area (Å²) in [6, 6.07) is 16.9. The van der Waals surface area contributed by atoms with E-state index in [9.17, 15) is 0 Å². The molecule has 0 spiro atoms. The number of benzene rings is 2. The third kappa shape index (κ3) is 3.08. The Morgan fingerprint density at radius 3 is 1.37 bits per heavy atom. The number of anilines is 2. The summed E-state index contributed by atoms with van der Waals surface area (Å²) in [4.78, 5) is 4.29. The topological polar surface area (TPSA) is 6.48 Å². The average molecular weight is 253 g/mol. The maximum atomic E-state index is 2.24. The molecule has 2 aromatic rings. The normalized spacial score (nSPS) is 10.3. The Labute approximate surface area is 116 Å². The van der Waals surface area contributed by atoms with Crippen molar-refractivity contribution in [2.75, 3.05) is 38.0 Å². The standard InChI is InChI=1S/C17H21N2/c1-18(2)16-11-7-5-9-14(16)13-15-10-6-8-12-17(15)19(3)4/h5-13H,1-4H3. The molecule has 0 unspecified atom stereocenters. The first kappa shape index (κ1) is 13.5. The third-order valence-corrected chi connectivity index (χ3v) is 3.15. The highest BCUT2D eigenvalue weighted by Gasteiger charge is 2.09. The largest absolute Gasteiger partial charge is 0.377 e. The predicted octanol–water partition coefficient (Wildman–Crippen LogP) is 3.42. The van der Waals surface area contributed by atoms with E-state index in [0.717, 1.165) is 0 Å². The van der Waals surface area contributed by atoms with Crippen LogP contribution in [-0.4, -0.2) is 28.2 Å². The Balaban J connectivity index is 2.37. The second kappa shape index (κ2) is 5.79. The van der Waals surface area contributed by atoms with Gasteiger partial charge in [-0.3, -0.25) is 0 Å². The van der Waals surface area contributed by atoms with E-state index in [2.05, 4.69) is 92.9 Å². The van der Waals surface area contributed by atoms with Gasteiger partial charge in [-0.05, 0) is 23.3 Å². The van der Waals surface area contributed by atoms with Gasteiger partial charge >= 0.3 is 0 Å². The highest BCUT2D eigenvalue weighted by molar-refractivity contribution is 5.64. The monoisotopic (exact) mass is 253 g/mol. The number of rotatable bonds is 4. The molecule has 1 radical (unpaired) electrons. The molecule has 0 saturated heterocycles. The van der Waals surface area contributed by atoms with E-state index in [1.54, 1.807) is 0 Å². The van der Waals surface area contributed by atoms with E-state index in [-0.39, 0.29) is 0 Å². The lowest BCUT2D eigenvalue weighted by molar-refractivity contribution is 1.10. The quantitative estimate of drug-likeness (QED) is 0.824. The molecule has 0 aliphatic rings. The van der Waals surface area contributed by atoms with Crippen molar-refractivity contribution in [1.29, 1.82) is 0 Å². The summed E-state index contributed by atoms with van der Waals surface area (Å²) in [6.07, 6.45) is 2.24. The maximum absolute atomic E-state index is 2.24. The summed E-state index contributed by atoms with van der Waals surface area (Å²) in [5.41, 5.74) is 4.94. The molecule has 19 heavy (non-hydrogen) atoms. The van der Waals surface area contributed by atoms with Crippen molar-refractivity contribution in [2.24, 2.45) is 0 Å². The van der Waals surface area contributed by atoms with Crippen LogP contribution in [0.1, 0.15) is 11.1 Å². The molecule has 0 saturated carbocycles. The predicted molar refractivity (Wildman–Crippen MR) is 84.0 cm³/mol. The zero-order valence-corrected chi connectivity index (χ0v) is 12.1. The van der Waals surface area contributed by atoms with Gasteiger partial charge in [-0.2, -0.15) is 0 Å². The first-order valence-electron chi connectivity index (χ1n) is 6.47. The van der Waals surface area contributed by atoms with Crippen molar-refractivity contribution in [1.82, 2.24) is 0 Å². The Bertz CT molecular complexity index is 495. The lowest BCUT2D eigenvalue weighted by atomic mass is 10.0.